The maximum atomic E-state index is 13.3. The van der Waals surface area contributed by atoms with Crippen LogP contribution < -0.4 is 5.32 Å². The molecule has 0 spiro atoms. The Balaban J connectivity index is 1.95. The van der Waals surface area contributed by atoms with Gasteiger partial charge in [0.05, 0.1) is 22.2 Å². The van der Waals surface area contributed by atoms with Crippen molar-refractivity contribution in [2.24, 2.45) is 0 Å². The van der Waals surface area contributed by atoms with E-state index in [1.165, 1.54) is 24.3 Å². The second-order valence-corrected chi connectivity index (χ2v) is 7.17. The van der Waals surface area contributed by atoms with Crippen LogP contribution in [0.2, 0.25) is 5.02 Å². The van der Waals surface area contributed by atoms with E-state index < -0.39 is 45.8 Å². The summed E-state index contributed by atoms with van der Waals surface area (Å²) in [7, 11) is 0. The third kappa shape index (κ3) is 4.12. The van der Waals surface area contributed by atoms with Gasteiger partial charge in [0.25, 0.3) is 5.91 Å². The van der Waals surface area contributed by atoms with Crippen molar-refractivity contribution in [3.05, 3.63) is 64.2 Å². The number of nitrogens with zero attached hydrogens (tertiary/aromatic N) is 1. The van der Waals surface area contributed by atoms with Crippen molar-refractivity contribution in [2.45, 2.75) is 43.5 Å². The Morgan fingerprint density at radius 2 is 1.79 bits per heavy atom. The average Bonchev–Trinajstić information content (AvgIpc) is 3.07. The van der Waals surface area contributed by atoms with Crippen molar-refractivity contribution < 1.29 is 27.5 Å². The molecule has 4 nitrogen and oxygen atoms in total. The van der Waals surface area contributed by atoms with Crippen LogP contribution in [0.3, 0.4) is 0 Å². The van der Waals surface area contributed by atoms with Crippen LogP contribution in [0.4, 0.5) is 17.6 Å². The molecule has 3 rings (SSSR count). The largest absolute Gasteiger partial charge is 0.417 e. The SMILES string of the molecule is O=C(NC(c1ccc(F)cc1)C1(O)CCCC1)c1nccc(C(F)(F)F)c1Cl. The zero-order chi connectivity index (χ0) is 20.5. The monoisotopic (exact) mass is 416 g/mol. The molecule has 0 bridgehead atoms. The van der Waals surface area contributed by atoms with E-state index in [1.54, 1.807) is 0 Å². The van der Waals surface area contributed by atoms with E-state index in [2.05, 4.69) is 10.3 Å². The molecule has 9 heteroatoms. The average molecular weight is 417 g/mol. The van der Waals surface area contributed by atoms with Crippen LogP contribution in [0.1, 0.15) is 53.3 Å². The predicted molar refractivity (Wildman–Crippen MR) is 94.3 cm³/mol. The van der Waals surface area contributed by atoms with Crippen molar-refractivity contribution in [2.75, 3.05) is 0 Å². The number of hydrogen-bond acceptors (Lipinski definition) is 3. The summed E-state index contributed by atoms with van der Waals surface area (Å²) in [5.74, 6) is -1.44. The molecular formula is C19H17ClF4N2O2. The number of halogens is 5. The third-order valence-electron chi connectivity index (χ3n) is 4.90. The molecule has 150 valence electrons. The molecule has 1 fully saturated rings. The molecule has 28 heavy (non-hydrogen) atoms. The van der Waals surface area contributed by atoms with Gasteiger partial charge < -0.3 is 10.4 Å². The summed E-state index contributed by atoms with van der Waals surface area (Å²) in [6, 6.07) is 4.93. The molecule has 1 amide bonds. The minimum atomic E-state index is -4.74. The quantitative estimate of drug-likeness (QED) is 0.712. The second kappa shape index (κ2) is 7.67. The van der Waals surface area contributed by atoms with Crippen LogP contribution in [0.25, 0.3) is 0 Å². The minimum absolute atomic E-state index is 0.388. The maximum absolute atomic E-state index is 13.3. The fourth-order valence-electron chi connectivity index (χ4n) is 3.48. The molecule has 1 aliphatic carbocycles. The van der Waals surface area contributed by atoms with Gasteiger partial charge in [0.1, 0.15) is 11.5 Å². The summed E-state index contributed by atoms with van der Waals surface area (Å²) in [4.78, 5) is 16.4. The van der Waals surface area contributed by atoms with Gasteiger partial charge in [-0.25, -0.2) is 9.37 Å². The van der Waals surface area contributed by atoms with E-state index >= 15 is 0 Å². The number of aromatic nitrogens is 1. The lowest BCUT2D eigenvalue weighted by atomic mass is 9.87. The first-order valence-corrected chi connectivity index (χ1v) is 9.00. The summed E-state index contributed by atoms with van der Waals surface area (Å²) in [5, 5.41) is 12.7. The number of aliphatic hydroxyl groups is 1. The Morgan fingerprint density at radius 1 is 1.18 bits per heavy atom. The number of hydrogen-bond donors (Lipinski definition) is 2. The van der Waals surface area contributed by atoms with Gasteiger partial charge in [0, 0.05) is 6.20 Å². The zero-order valence-corrected chi connectivity index (χ0v) is 15.3. The van der Waals surface area contributed by atoms with Crippen molar-refractivity contribution in [1.82, 2.24) is 10.3 Å². The van der Waals surface area contributed by atoms with Crippen molar-refractivity contribution in [3.8, 4) is 0 Å². The van der Waals surface area contributed by atoms with Crippen LogP contribution in [0.15, 0.2) is 36.5 Å². The number of pyridine rings is 1. The van der Waals surface area contributed by atoms with Gasteiger partial charge in [-0.2, -0.15) is 13.2 Å². The molecular weight excluding hydrogens is 400 g/mol. The third-order valence-corrected chi connectivity index (χ3v) is 5.28. The Morgan fingerprint density at radius 3 is 2.36 bits per heavy atom. The van der Waals surface area contributed by atoms with Gasteiger partial charge in [-0.15, -0.1) is 0 Å². The first-order chi connectivity index (χ1) is 13.1. The Bertz CT molecular complexity index is 865. The van der Waals surface area contributed by atoms with E-state index in [1.807, 2.05) is 0 Å². The summed E-state index contributed by atoms with van der Waals surface area (Å²) in [6.45, 7) is 0. The zero-order valence-electron chi connectivity index (χ0n) is 14.6. The molecule has 1 aliphatic rings. The number of benzene rings is 1. The Hall–Kier alpha value is -2.19. The van der Waals surface area contributed by atoms with Crippen molar-refractivity contribution in [1.29, 1.82) is 0 Å². The standard InChI is InChI=1S/C19H17ClF4N2O2/c20-14-13(19(22,23)24)7-10-25-15(14)17(27)26-16(18(28)8-1-2-9-18)11-3-5-12(21)6-4-11/h3-7,10,16,28H,1-2,8-9H2,(H,26,27). The molecule has 2 N–H and O–H groups in total. The first kappa shape index (κ1) is 20.5. The lowest BCUT2D eigenvalue weighted by molar-refractivity contribution is -0.137. The van der Waals surface area contributed by atoms with Gasteiger partial charge >= 0.3 is 6.18 Å². The normalized spacial score (nSPS) is 17.4. The topological polar surface area (TPSA) is 62.2 Å². The molecule has 2 aromatic rings. The number of carbonyl (C=O) groups excluding carboxylic acids is 1. The minimum Gasteiger partial charge on any atom is -0.387 e. The van der Waals surface area contributed by atoms with Crippen LogP contribution in [-0.2, 0) is 6.18 Å². The van der Waals surface area contributed by atoms with E-state index in [-0.39, 0.29) is 0 Å². The van der Waals surface area contributed by atoms with E-state index in [4.69, 9.17) is 11.6 Å². The van der Waals surface area contributed by atoms with Crippen LogP contribution in [0, 0.1) is 5.82 Å². The van der Waals surface area contributed by atoms with E-state index in [0.717, 1.165) is 19.0 Å². The number of carbonyl (C=O) groups is 1. The fraction of sp³-hybridized carbons (Fsp3) is 0.368. The van der Waals surface area contributed by atoms with Gasteiger partial charge in [-0.05, 0) is 36.6 Å². The smallest absolute Gasteiger partial charge is 0.387 e. The molecule has 1 saturated carbocycles. The van der Waals surface area contributed by atoms with Gasteiger partial charge in [0.2, 0.25) is 0 Å². The van der Waals surface area contributed by atoms with Gasteiger partial charge in [0.15, 0.2) is 0 Å². The molecule has 0 saturated heterocycles. The van der Waals surface area contributed by atoms with Crippen LogP contribution in [0.5, 0.6) is 0 Å². The lowest BCUT2D eigenvalue weighted by Gasteiger charge is -2.33. The summed E-state index contributed by atoms with van der Waals surface area (Å²) in [6.07, 6.45) is -1.66. The molecule has 1 unspecified atom stereocenters. The molecule has 1 aromatic heterocycles. The molecule has 1 heterocycles. The second-order valence-electron chi connectivity index (χ2n) is 6.79. The van der Waals surface area contributed by atoms with Crippen molar-refractivity contribution in [3.63, 3.8) is 0 Å². The highest BCUT2D eigenvalue weighted by atomic mass is 35.5. The van der Waals surface area contributed by atoms with E-state index in [9.17, 15) is 27.5 Å². The fourth-order valence-corrected chi connectivity index (χ4v) is 3.78. The maximum Gasteiger partial charge on any atom is 0.417 e. The summed E-state index contributed by atoms with van der Waals surface area (Å²) >= 11 is 5.78. The highest BCUT2D eigenvalue weighted by Gasteiger charge is 2.42. The highest BCUT2D eigenvalue weighted by Crippen LogP contribution is 2.40. The van der Waals surface area contributed by atoms with Crippen molar-refractivity contribution >= 4 is 17.5 Å². The lowest BCUT2D eigenvalue weighted by Crippen LogP contribution is -2.44. The highest BCUT2D eigenvalue weighted by molar-refractivity contribution is 6.34. The van der Waals surface area contributed by atoms with Gasteiger partial charge in [-0.1, -0.05) is 36.6 Å². The molecule has 0 radical (unpaired) electrons. The van der Waals surface area contributed by atoms with E-state index in [0.29, 0.717) is 24.5 Å². The summed E-state index contributed by atoms with van der Waals surface area (Å²) < 4.78 is 52.4. The molecule has 1 aromatic carbocycles. The van der Waals surface area contributed by atoms with Gasteiger partial charge in [-0.3, -0.25) is 4.79 Å². The number of alkyl halides is 3. The van der Waals surface area contributed by atoms with Crippen LogP contribution >= 0.6 is 11.6 Å². The molecule has 0 aliphatic heterocycles. The Kier molecular flexibility index (Phi) is 5.63. The van der Waals surface area contributed by atoms with Crippen LogP contribution in [-0.4, -0.2) is 21.6 Å². The number of rotatable bonds is 4. The molecule has 1 atom stereocenters. The first-order valence-electron chi connectivity index (χ1n) is 8.62. The Labute approximate surface area is 163 Å². The number of amides is 1. The predicted octanol–water partition coefficient (Wildman–Crippen LogP) is 4.67. The number of nitrogens with one attached hydrogen (secondary N) is 1. The summed E-state index contributed by atoms with van der Waals surface area (Å²) in [5.41, 5.74) is -2.64.